The summed E-state index contributed by atoms with van der Waals surface area (Å²) >= 11 is 1.25. The summed E-state index contributed by atoms with van der Waals surface area (Å²) in [6.07, 6.45) is 4.18. The van der Waals surface area contributed by atoms with E-state index in [0.29, 0.717) is 13.2 Å². The Morgan fingerprint density at radius 1 is 1.36 bits per heavy atom. The number of aryl methyl sites for hydroxylation is 3. The predicted octanol–water partition coefficient (Wildman–Crippen LogP) is 1.60. The highest BCUT2D eigenvalue weighted by Gasteiger charge is 2.13. The Morgan fingerprint density at radius 2 is 2.18 bits per heavy atom. The first-order chi connectivity index (χ1) is 10.6. The Morgan fingerprint density at radius 3 is 2.91 bits per heavy atom. The second-order valence-corrected chi connectivity index (χ2v) is 5.79. The number of carbonyl (C=O) groups is 1. The number of esters is 1. The van der Waals surface area contributed by atoms with Gasteiger partial charge in [0, 0.05) is 24.9 Å². The molecular formula is C14H18N4O3S. The molecule has 118 valence electrons. The summed E-state index contributed by atoms with van der Waals surface area (Å²) in [5, 5.41) is 8.90. The average Bonchev–Trinajstić information content (AvgIpc) is 2.94. The maximum absolute atomic E-state index is 11.6. The van der Waals surface area contributed by atoms with Gasteiger partial charge in [0.15, 0.2) is 0 Å². The van der Waals surface area contributed by atoms with Gasteiger partial charge >= 0.3 is 11.7 Å². The number of hydrogen-bond donors (Lipinski definition) is 0. The molecule has 7 nitrogen and oxygen atoms in total. The molecule has 0 spiro atoms. The molecule has 2 aromatic heterocycles. The van der Waals surface area contributed by atoms with Gasteiger partial charge in [-0.15, -0.1) is 10.2 Å². The van der Waals surface area contributed by atoms with Gasteiger partial charge in [0.25, 0.3) is 0 Å². The largest absolute Gasteiger partial charge is 0.461 e. The van der Waals surface area contributed by atoms with E-state index in [2.05, 4.69) is 15.2 Å². The van der Waals surface area contributed by atoms with Gasteiger partial charge < -0.3 is 4.74 Å². The van der Waals surface area contributed by atoms with Gasteiger partial charge in [0.05, 0.1) is 6.61 Å². The van der Waals surface area contributed by atoms with Crippen molar-refractivity contribution in [3.63, 3.8) is 0 Å². The van der Waals surface area contributed by atoms with Crippen LogP contribution in [0, 0.1) is 6.92 Å². The van der Waals surface area contributed by atoms with Crippen LogP contribution in [0.4, 0.5) is 0 Å². The molecule has 0 radical (unpaired) electrons. The number of carbonyl (C=O) groups excluding carboxylic acids is 1. The minimum Gasteiger partial charge on any atom is -0.461 e. The molecule has 0 atom stereocenters. The number of ether oxygens (including phenoxy) is 1. The highest BCUT2D eigenvalue weighted by Crippen LogP contribution is 2.13. The zero-order valence-corrected chi connectivity index (χ0v) is 13.4. The van der Waals surface area contributed by atoms with Gasteiger partial charge in [-0.25, -0.2) is 9.59 Å². The fourth-order valence-electron chi connectivity index (χ4n) is 1.87. The molecule has 0 unspecified atom stereocenters. The molecule has 0 aliphatic rings. The van der Waals surface area contributed by atoms with E-state index >= 15 is 0 Å². The molecule has 0 fully saturated rings. The highest BCUT2D eigenvalue weighted by molar-refractivity contribution is 7.13. The Balaban J connectivity index is 1.79. The van der Waals surface area contributed by atoms with Gasteiger partial charge in [-0.2, -0.15) is 4.98 Å². The van der Waals surface area contributed by atoms with E-state index in [9.17, 15) is 9.59 Å². The molecule has 8 heteroatoms. The van der Waals surface area contributed by atoms with Gasteiger partial charge in [-0.3, -0.25) is 4.57 Å². The van der Waals surface area contributed by atoms with Crippen LogP contribution in [0.15, 0.2) is 17.1 Å². The van der Waals surface area contributed by atoms with Crippen molar-refractivity contribution >= 4 is 17.3 Å². The third kappa shape index (κ3) is 4.45. The zero-order chi connectivity index (χ0) is 15.9. The first kappa shape index (κ1) is 16.3. The summed E-state index contributed by atoms with van der Waals surface area (Å²) in [5.41, 5.74) is 0.502. The van der Waals surface area contributed by atoms with Gasteiger partial charge in [-0.1, -0.05) is 11.3 Å². The molecule has 22 heavy (non-hydrogen) atoms. The molecule has 0 saturated carbocycles. The van der Waals surface area contributed by atoms with E-state index in [1.807, 2.05) is 6.07 Å². The molecule has 0 aromatic carbocycles. The fraction of sp³-hybridized carbons (Fsp3) is 0.500. The van der Waals surface area contributed by atoms with Crippen LogP contribution in [0.3, 0.4) is 0 Å². The van der Waals surface area contributed by atoms with E-state index in [0.717, 1.165) is 30.0 Å². The Labute approximate surface area is 132 Å². The minimum absolute atomic E-state index is 0.222. The molecule has 0 bridgehead atoms. The van der Waals surface area contributed by atoms with Crippen molar-refractivity contribution in [2.24, 2.45) is 0 Å². The molecule has 0 amide bonds. The van der Waals surface area contributed by atoms with E-state index in [1.54, 1.807) is 24.6 Å². The van der Waals surface area contributed by atoms with E-state index in [-0.39, 0.29) is 10.7 Å². The normalized spacial score (nSPS) is 10.6. The quantitative estimate of drug-likeness (QED) is 0.568. The van der Waals surface area contributed by atoms with Gasteiger partial charge in [0.1, 0.15) is 5.01 Å². The van der Waals surface area contributed by atoms with Crippen molar-refractivity contribution in [1.82, 2.24) is 19.7 Å². The van der Waals surface area contributed by atoms with Crippen LogP contribution >= 0.6 is 11.3 Å². The van der Waals surface area contributed by atoms with Crippen molar-refractivity contribution in [1.29, 1.82) is 0 Å². The lowest BCUT2D eigenvalue weighted by molar-refractivity contribution is 0.0525. The smallest absolute Gasteiger partial charge is 0.369 e. The van der Waals surface area contributed by atoms with Gasteiger partial charge in [0.2, 0.25) is 5.01 Å². The number of unbranched alkanes of at least 4 members (excludes halogenated alkanes) is 1. The predicted molar refractivity (Wildman–Crippen MR) is 82.0 cm³/mol. The van der Waals surface area contributed by atoms with Crippen LogP contribution in [0.25, 0.3) is 0 Å². The Kier molecular flexibility index (Phi) is 5.76. The third-order valence-electron chi connectivity index (χ3n) is 2.97. The zero-order valence-electron chi connectivity index (χ0n) is 12.6. The van der Waals surface area contributed by atoms with Crippen LogP contribution in [0.5, 0.6) is 0 Å². The Bertz CT molecular complexity index is 695. The van der Waals surface area contributed by atoms with Crippen molar-refractivity contribution < 1.29 is 9.53 Å². The van der Waals surface area contributed by atoms with E-state index < -0.39 is 5.97 Å². The second-order valence-electron chi connectivity index (χ2n) is 4.72. The average molecular weight is 322 g/mol. The standard InChI is InChI=1S/C14H18N4O3S/c1-3-21-13(19)12-17-16-11(22-12)6-4-5-8-18-9-7-10(2)15-14(18)20/h7,9H,3-6,8H2,1-2H3. The monoisotopic (exact) mass is 322 g/mol. The van der Waals surface area contributed by atoms with Crippen LogP contribution in [0.2, 0.25) is 0 Å². The lowest BCUT2D eigenvalue weighted by atomic mass is 10.2. The summed E-state index contributed by atoms with van der Waals surface area (Å²) in [6.45, 7) is 4.49. The van der Waals surface area contributed by atoms with E-state index in [4.69, 9.17) is 4.74 Å². The first-order valence-electron chi connectivity index (χ1n) is 7.13. The lowest BCUT2D eigenvalue weighted by Gasteiger charge is -2.04. The SMILES string of the molecule is CCOC(=O)c1nnc(CCCCn2ccc(C)nc2=O)s1. The van der Waals surface area contributed by atoms with Crippen molar-refractivity contribution in [3.05, 3.63) is 38.5 Å². The molecule has 2 heterocycles. The van der Waals surface area contributed by atoms with Crippen LogP contribution in [-0.4, -0.2) is 32.3 Å². The number of hydrogen-bond acceptors (Lipinski definition) is 7. The number of rotatable bonds is 7. The molecule has 2 rings (SSSR count). The fourth-order valence-corrected chi connectivity index (χ4v) is 2.65. The second kappa shape index (κ2) is 7.79. The molecular weight excluding hydrogens is 304 g/mol. The van der Waals surface area contributed by atoms with Crippen LogP contribution in [0.1, 0.15) is 40.3 Å². The summed E-state index contributed by atoms with van der Waals surface area (Å²) in [4.78, 5) is 27.0. The Hall–Kier alpha value is -2.09. The van der Waals surface area contributed by atoms with Crippen molar-refractivity contribution in [2.75, 3.05) is 6.61 Å². The van der Waals surface area contributed by atoms with E-state index in [1.165, 1.54) is 11.3 Å². The van der Waals surface area contributed by atoms with Gasteiger partial charge in [-0.05, 0) is 32.8 Å². The number of aromatic nitrogens is 4. The minimum atomic E-state index is -0.427. The maximum Gasteiger partial charge on any atom is 0.369 e. The molecule has 2 aromatic rings. The summed E-state index contributed by atoms with van der Waals surface area (Å²) in [6, 6.07) is 1.82. The van der Waals surface area contributed by atoms with Crippen molar-refractivity contribution in [2.45, 2.75) is 39.7 Å². The topological polar surface area (TPSA) is 87.0 Å². The highest BCUT2D eigenvalue weighted by atomic mass is 32.1. The maximum atomic E-state index is 11.6. The lowest BCUT2D eigenvalue weighted by Crippen LogP contribution is -2.22. The van der Waals surface area contributed by atoms with Crippen LogP contribution in [-0.2, 0) is 17.7 Å². The first-order valence-corrected chi connectivity index (χ1v) is 7.95. The molecule has 0 N–H and O–H groups in total. The molecule has 0 saturated heterocycles. The molecule has 0 aliphatic carbocycles. The molecule has 0 aliphatic heterocycles. The third-order valence-corrected chi connectivity index (χ3v) is 3.93. The number of nitrogens with zero attached hydrogens (tertiary/aromatic N) is 4. The van der Waals surface area contributed by atoms with Crippen molar-refractivity contribution in [3.8, 4) is 0 Å². The summed E-state index contributed by atoms with van der Waals surface area (Å²) in [5.74, 6) is -0.427. The summed E-state index contributed by atoms with van der Waals surface area (Å²) in [7, 11) is 0. The summed E-state index contributed by atoms with van der Waals surface area (Å²) < 4.78 is 6.47. The van der Waals surface area contributed by atoms with Crippen LogP contribution < -0.4 is 5.69 Å².